The quantitative estimate of drug-likeness (QED) is 0.746. The number of hydrogen-bond acceptors (Lipinski definition) is 3. The van der Waals surface area contributed by atoms with E-state index in [1.807, 2.05) is 0 Å². The Bertz CT molecular complexity index is 208. The van der Waals surface area contributed by atoms with Crippen molar-refractivity contribution in [2.24, 2.45) is 5.92 Å². The second-order valence-electron chi connectivity index (χ2n) is 5.99. The predicted molar refractivity (Wildman–Crippen MR) is 78.0 cm³/mol. The van der Waals surface area contributed by atoms with Crippen molar-refractivity contribution in [2.75, 3.05) is 52.4 Å². The van der Waals surface area contributed by atoms with Gasteiger partial charge in [0.15, 0.2) is 0 Å². The summed E-state index contributed by atoms with van der Waals surface area (Å²) in [6.07, 6.45) is 6.96. The summed E-state index contributed by atoms with van der Waals surface area (Å²) in [5.41, 5.74) is 0. The molecule has 106 valence electrons. The van der Waals surface area contributed by atoms with E-state index in [1.165, 1.54) is 84.5 Å². The number of rotatable bonds is 7. The van der Waals surface area contributed by atoms with Gasteiger partial charge in [-0.3, -0.25) is 0 Å². The van der Waals surface area contributed by atoms with E-state index in [1.54, 1.807) is 0 Å². The number of piperidine rings is 1. The van der Waals surface area contributed by atoms with Crippen LogP contribution in [0.25, 0.3) is 0 Å². The number of nitrogens with zero attached hydrogens (tertiary/aromatic N) is 2. The Kier molecular flexibility index (Phi) is 6.46. The van der Waals surface area contributed by atoms with Gasteiger partial charge < -0.3 is 15.1 Å². The molecule has 2 heterocycles. The van der Waals surface area contributed by atoms with E-state index in [4.69, 9.17) is 0 Å². The van der Waals surface area contributed by atoms with Crippen LogP contribution < -0.4 is 5.32 Å². The summed E-state index contributed by atoms with van der Waals surface area (Å²) in [7, 11) is 0. The van der Waals surface area contributed by atoms with Gasteiger partial charge in [0.25, 0.3) is 0 Å². The number of nitrogens with one attached hydrogen (secondary N) is 1. The fourth-order valence-corrected chi connectivity index (χ4v) is 3.33. The maximum absolute atomic E-state index is 3.46. The number of hydrogen-bond donors (Lipinski definition) is 1. The second-order valence-corrected chi connectivity index (χ2v) is 5.99. The van der Waals surface area contributed by atoms with Crippen molar-refractivity contribution in [3.8, 4) is 0 Å². The third-order valence-corrected chi connectivity index (χ3v) is 4.57. The van der Waals surface area contributed by atoms with Gasteiger partial charge in [-0.2, -0.15) is 0 Å². The lowest BCUT2D eigenvalue weighted by atomic mass is 9.97. The van der Waals surface area contributed by atoms with E-state index in [0.717, 1.165) is 5.92 Å². The molecule has 0 unspecified atom stereocenters. The molecule has 0 aromatic heterocycles. The smallest absolute Gasteiger partial charge is 0.00105 e. The van der Waals surface area contributed by atoms with Crippen LogP contribution in [0.5, 0.6) is 0 Å². The average Bonchev–Trinajstić information content (AvgIpc) is 2.92. The molecular formula is C15H31N3. The Morgan fingerprint density at radius 3 is 2.56 bits per heavy atom. The second kappa shape index (κ2) is 8.13. The van der Waals surface area contributed by atoms with E-state index < -0.39 is 0 Å². The standard InChI is InChI=1S/C15H31N3/c1-2-17(14-15-6-8-16-9-7-15)12-5-13-18-10-3-4-11-18/h15-16H,2-14H2,1H3. The van der Waals surface area contributed by atoms with Crippen LogP contribution >= 0.6 is 0 Å². The van der Waals surface area contributed by atoms with Crippen LogP contribution in [0.1, 0.15) is 39.0 Å². The molecule has 2 aliphatic heterocycles. The SMILES string of the molecule is CCN(CCCN1CCCC1)CC1CCNCC1. The maximum Gasteiger partial charge on any atom is 0.00105 e. The Hall–Kier alpha value is -0.120. The Morgan fingerprint density at radius 1 is 1.17 bits per heavy atom. The molecule has 2 saturated heterocycles. The highest BCUT2D eigenvalue weighted by Gasteiger charge is 2.16. The Labute approximate surface area is 113 Å². The molecule has 0 aromatic carbocycles. The van der Waals surface area contributed by atoms with Crippen LogP contribution in [0.15, 0.2) is 0 Å². The molecule has 2 aliphatic rings. The van der Waals surface area contributed by atoms with Crippen LogP contribution in [0.3, 0.4) is 0 Å². The highest BCUT2D eigenvalue weighted by molar-refractivity contribution is 4.73. The van der Waals surface area contributed by atoms with Crippen LogP contribution in [0.4, 0.5) is 0 Å². The van der Waals surface area contributed by atoms with E-state index >= 15 is 0 Å². The van der Waals surface area contributed by atoms with E-state index in [9.17, 15) is 0 Å². The van der Waals surface area contributed by atoms with Crippen molar-refractivity contribution in [1.29, 1.82) is 0 Å². The minimum Gasteiger partial charge on any atom is -0.317 e. The summed E-state index contributed by atoms with van der Waals surface area (Å²) in [5.74, 6) is 0.943. The maximum atomic E-state index is 3.46. The molecule has 3 heteroatoms. The van der Waals surface area contributed by atoms with Gasteiger partial charge in [-0.1, -0.05) is 6.92 Å². The molecule has 2 rings (SSSR count). The molecule has 0 aromatic rings. The topological polar surface area (TPSA) is 18.5 Å². The van der Waals surface area contributed by atoms with Crippen LogP contribution in [0.2, 0.25) is 0 Å². The first-order valence-corrected chi connectivity index (χ1v) is 8.04. The molecular weight excluding hydrogens is 222 g/mol. The summed E-state index contributed by atoms with van der Waals surface area (Å²) < 4.78 is 0. The van der Waals surface area contributed by atoms with Crippen molar-refractivity contribution >= 4 is 0 Å². The minimum absolute atomic E-state index is 0.943. The van der Waals surface area contributed by atoms with Gasteiger partial charge in [0.05, 0.1) is 0 Å². The Balaban J connectivity index is 1.58. The van der Waals surface area contributed by atoms with Gasteiger partial charge >= 0.3 is 0 Å². The first kappa shape index (κ1) is 14.3. The van der Waals surface area contributed by atoms with Crippen molar-refractivity contribution in [2.45, 2.75) is 39.0 Å². The molecule has 0 saturated carbocycles. The van der Waals surface area contributed by atoms with Gasteiger partial charge in [-0.05, 0) is 83.8 Å². The summed E-state index contributed by atoms with van der Waals surface area (Å²) in [5, 5.41) is 3.46. The predicted octanol–water partition coefficient (Wildman–Crippen LogP) is 1.79. The third-order valence-electron chi connectivity index (χ3n) is 4.57. The molecule has 0 amide bonds. The van der Waals surface area contributed by atoms with Gasteiger partial charge in [-0.25, -0.2) is 0 Å². The Morgan fingerprint density at radius 2 is 1.89 bits per heavy atom. The van der Waals surface area contributed by atoms with Gasteiger partial charge in [0, 0.05) is 6.54 Å². The molecule has 0 spiro atoms. The zero-order valence-corrected chi connectivity index (χ0v) is 12.2. The van der Waals surface area contributed by atoms with Crippen LogP contribution in [0, 0.1) is 5.92 Å². The zero-order valence-electron chi connectivity index (χ0n) is 12.2. The largest absolute Gasteiger partial charge is 0.317 e. The van der Waals surface area contributed by atoms with Crippen LogP contribution in [-0.2, 0) is 0 Å². The zero-order chi connectivity index (χ0) is 12.6. The summed E-state index contributed by atoms with van der Waals surface area (Å²) in [4.78, 5) is 5.31. The van der Waals surface area contributed by atoms with Crippen molar-refractivity contribution in [1.82, 2.24) is 15.1 Å². The van der Waals surface area contributed by atoms with E-state index in [-0.39, 0.29) is 0 Å². The van der Waals surface area contributed by atoms with Gasteiger partial charge in [-0.15, -0.1) is 0 Å². The fraction of sp³-hybridized carbons (Fsp3) is 1.00. The highest BCUT2D eigenvalue weighted by atomic mass is 15.2. The first-order valence-electron chi connectivity index (χ1n) is 8.04. The molecule has 0 radical (unpaired) electrons. The molecule has 3 nitrogen and oxygen atoms in total. The summed E-state index contributed by atoms with van der Waals surface area (Å²) >= 11 is 0. The van der Waals surface area contributed by atoms with Crippen molar-refractivity contribution < 1.29 is 0 Å². The lowest BCUT2D eigenvalue weighted by molar-refractivity contribution is 0.201. The monoisotopic (exact) mass is 253 g/mol. The molecule has 0 bridgehead atoms. The fourth-order valence-electron chi connectivity index (χ4n) is 3.33. The average molecular weight is 253 g/mol. The molecule has 2 fully saturated rings. The van der Waals surface area contributed by atoms with Crippen LogP contribution in [-0.4, -0.2) is 62.2 Å². The molecule has 1 N–H and O–H groups in total. The number of likely N-dealkylation sites (tertiary alicyclic amines) is 1. The van der Waals surface area contributed by atoms with Crippen molar-refractivity contribution in [3.63, 3.8) is 0 Å². The van der Waals surface area contributed by atoms with Gasteiger partial charge in [0.1, 0.15) is 0 Å². The van der Waals surface area contributed by atoms with Crippen molar-refractivity contribution in [3.05, 3.63) is 0 Å². The minimum atomic E-state index is 0.943. The molecule has 0 atom stereocenters. The highest BCUT2D eigenvalue weighted by Crippen LogP contribution is 2.14. The van der Waals surface area contributed by atoms with Gasteiger partial charge in [0.2, 0.25) is 0 Å². The summed E-state index contributed by atoms with van der Waals surface area (Å²) in [6, 6.07) is 0. The molecule has 18 heavy (non-hydrogen) atoms. The summed E-state index contributed by atoms with van der Waals surface area (Å²) in [6.45, 7) is 12.7. The third kappa shape index (κ3) is 4.87. The first-order chi connectivity index (χ1) is 8.88. The lowest BCUT2D eigenvalue weighted by Gasteiger charge is -2.29. The lowest BCUT2D eigenvalue weighted by Crippen LogP contribution is -2.37. The normalized spacial score (nSPS) is 23.0. The van der Waals surface area contributed by atoms with E-state index in [0.29, 0.717) is 0 Å². The molecule has 0 aliphatic carbocycles. The van der Waals surface area contributed by atoms with E-state index in [2.05, 4.69) is 22.0 Å².